The number of carbonyl (C=O) groups excluding carboxylic acids is 1. The minimum Gasteiger partial charge on any atom is -0.508 e. The van der Waals surface area contributed by atoms with Crippen molar-refractivity contribution < 1.29 is 24.5 Å². The van der Waals surface area contributed by atoms with Crippen LogP contribution >= 0.6 is 23.2 Å². The SMILES string of the molecule is COC(=O)COc1cc(Cl)c(CCNC(C)C(O)c2ccc(O)cc2)cc1Cl. The summed E-state index contributed by atoms with van der Waals surface area (Å²) in [5, 5.41) is 23.8. The number of aliphatic hydroxyl groups is 1. The lowest BCUT2D eigenvalue weighted by Crippen LogP contribution is -2.33. The van der Waals surface area contributed by atoms with Crippen LogP contribution in [0.2, 0.25) is 10.0 Å². The van der Waals surface area contributed by atoms with E-state index in [1.54, 1.807) is 24.3 Å². The number of halogens is 2. The smallest absolute Gasteiger partial charge is 0.343 e. The number of rotatable bonds is 9. The second-order valence-electron chi connectivity index (χ2n) is 6.27. The highest BCUT2D eigenvalue weighted by molar-refractivity contribution is 6.34. The van der Waals surface area contributed by atoms with Crippen molar-refractivity contribution in [2.75, 3.05) is 20.3 Å². The van der Waals surface area contributed by atoms with Crippen LogP contribution in [0.1, 0.15) is 24.2 Å². The number of aromatic hydroxyl groups is 1. The van der Waals surface area contributed by atoms with Gasteiger partial charge in [0.25, 0.3) is 0 Å². The van der Waals surface area contributed by atoms with Crippen molar-refractivity contribution in [3.05, 3.63) is 57.6 Å². The van der Waals surface area contributed by atoms with E-state index in [9.17, 15) is 15.0 Å². The fourth-order valence-corrected chi connectivity index (χ4v) is 3.06. The molecule has 8 heteroatoms. The first kappa shape index (κ1) is 22.3. The van der Waals surface area contributed by atoms with E-state index in [1.165, 1.54) is 19.2 Å². The number of carbonyl (C=O) groups is 1. The fraction of sp³-hybridized carbons (Fsp3) is 0.350. The molecule has 0 aliphatic carbocycles. The van der Waals surface area contributed by atoms with E-state index in [1.807, 2.05) is 6.92 Å². The molecule has 2 aromatic rings. The zero-order valence-electron chi connectivity index (χ0n) is 15.6. The number of ether oxygens (including phenoxy) is 2. The first-order chi connectivity index (χ1) is 13.3. The molecule has 6 nitrogen and oxygen atoms in total. The maximum Gasteiger partial charge on any atom is 0.343 e. The summed E-state index contributed by atoms with van der Waals surface area (Å²) < 4.78 is 9.82. The Morgan fingerprint density at radius 1 is 1.18 bits per heavy atom. The van der Waals surface area contributed by atoms with E-state index in [4.69, 9.17) is 27.9 Å². The molecule has 0 aromatic heterocycles. The van der Waals surface area contributed by atoms with E-state index in [2.05, 4.69) is 10.1 Å². The normalized spacial score (nSPS) is 13.0. The minimum atomic E-state index is -0.714. The Kier molecular flexibility index (Phi) is 8.38. The molecule has 0 spiro atoms. The summed E-state index contributed by atoms with van der Waals surface area (Å²) in [6.07, 6.45) is -0.128. The first-order valence-corrected chi connectivity index (χ1v) is 9.45. The van der Waals surface area contributed by atoms with Crippen LogP contribution in [0.15, 0.2) is 36.4 Å². The van der Waals surface area contributed by atoms with Crippen molar-refractivity contribution >= 4 is 29.2 Å². The molecule has 2 aromatic carbocycles. The molecule has 0 saturated carbocycles. The predicted octanol–water partition coefficient (Wildman–Crippen LogP) is 3.51. The van der Waals surface area contributed by atoms with Crippen molar-refractivity contribution in [3.8, 4) is 11.5 Å². The Balaban J connectivity index is 1.90. The van der Waals surface area contributed by atoms with Gasteiger partial charge in [-0.05, 0) is 49.2 Å². The largest absolute Gasteiger partial charge is 0.508 e. The summed E-state index contributed by atoms with van der Waals surface area (Å²) in [5.41, 5.74) is 1.53. The standard InChI is InChI=1S/C20H23Cl2NO5/c1-12(20(26)13-3-5-15(24)6-4-13)23-8-7-14-9-17(22)18(10-16(14)21)28-11-19(25)27-2/h3-6,9-10,12,20,23-24,26H,7-8,11H2,1-2H3. The van der Waals surface area contributed by atoms with Crippen LogP contribution in [-0.2, 0) is 16.0 Å². The number of methoxy groups -OCH3 is 1. The molecule has 0 saturated heterocycles. The second kappa shape index (κ2) is 10.5. The topological polar surface area (TPSA) is 88.0 Å². The number of nitrogens with one attached hydrogen (secondary N) is 1. The summed E-state index contributed by atoms with van der Waals surface area (Å²) in [7, 11) is 1.27. The quantitative estimate of drug-likeness (QED) is 0.530. The van der Waals surface area contributed by atoms with E-state index >= 15 is 0 Å². The molecule has 152 valence electrons. The molecule has 0 heterocycles. The zero-order chi connectivity index (χ0) is 20.7. The van der Waals surface area contributed by atoms with Gasteiger partial charge in [0.05, 0.1) is 18.2 Å². The Hall–Kier alpha value is -1.99. The summed E-state index contributed by atoms with van der Waals surface area (Å²) in [6, 6.07) is 9.50. The molecule has 0 amide bonds. The van der Waals surface area contributed by atoms with Crippen LogP contribution in [0, 0.1) is 0 Å². The molecule has 0 aliphatic heterocycles. The molecule has 2 atom stereocenters. The van der Waals surface area contributed by atoms with Gasteiger partial charge in [-0.15, -0.1) is 0 Å². The number of phenols is 1. The van der Waals surface area contributed by atoms with E-state index in [0.717, 1.165) is 5.56 Å². The lowest BCUT2D eigenvalue weighted by Gasteiger charge is -2.21. The van der Waals surface area contributed by atoms with Crippen LogP contribution in [0.4, 0.5) is 0 Å². The average molecular weight is 428 g/mol. The summed E-state index contributed by atoms with van der Waals surface area (Å²) in [5.74, 6) is -0.0476. The maximum absolute atomic E-state index is 11.2. The number of phenolic OH excluding ortho intramolecular Hbond substituents is 1. The Labute approximate surface area is 174 Å². The van der Waals surface area contributed by atoms with Gasteiger partial charge < -0.3 is 25.0 Å². The van der Waals surface area contributed by atoms with Gasteiger partial charge in [-0.1, -0.05) is 35.3 Å². The van der Waals surface area contributed by atoms with Crippen LogP contribution < -0.4 is 10.1 Å². The fourth-order valence-electron chi connectivity index (χ4n) is 2.57. The van der Waals surface area contributed by atoms with Crippen molar-refractivity contribution in [2.24, 2.45) is 0 Å². The third-order valence-electron chi connectivity index (χ3n) is 4.24. The van der Waals surface area contributed by atoms with Gasteiger partial charge in [-0.25, -0.2) is 4.79 Å². The maximum atomic E-state index is 11.2. The summed E-state index contributed by atoms with van der Waals surface area (Å²) in [4.78, 5) is 11.2. The van der Waals surface area contributed by atoms with Crippen molar-refractivity contribution in [1.82, 2.24) is 5.32 Å². The molecule has 0 radical (unpaired) electrons. The van der Waals surface area contributed by atoms with Gasteiger partial charge >= 0.3 is 5.97 Å². The first-order valence-electron chi connectivity index (χ1n) is 8.69. The number of aliphatic hydroxyl groups excluding tert-OH is 1. The molecule has 3 N–H and O–H groups in total. The highest BCUT2D eigenvalue weighted by Crippen LogP contribution is 2.31. The third kappa shape index (κ3) is 6.27. The van der Waals surface area contributed by atoms with Gasteiger partial charge in [-0.3, -0.25) is 0 Å². The number of hydrogen-bond donors (Lipinski definition) is 3. The van der Waals surface area contributed by atoms with Gasteiger partial charge in [0, 0.05) is 17.1 Å². The van der Waals surface area contributed by atoms with Gasteiger partial charge in [0.15, 0.2) is 6.61 Å². The average Bonchev–Trinajstić information content (AvgIpc) is 2.68. The zero-order valence-corrected chi connectivity index (χ0v) is 17.1. The molecule has 0 fully saturated rings. The third-order valence-corrected chi connectivity index (χ3v) is 4.89. The Morgan fingerprint density at radius 2 is 1.86 bits per heavy atom. The van der Waals surface area contributed by atoms with E-state index in [-0.39, 0.29) is 18.4 Å². The lowest BCUT2D eigenvalue weighted by molar-refractivity contribution is -0.142. The Bertz CT molecular complexity index is 798. The molecule has 28 heavy (non-hydrogen) atoms. The second-order valence-corrected chi connectivity index (χ2v) is 7.08. The summed E-state index contributed by atoms with van der Waals surface area (Å²) in [6.45, 7) is 2.19. The highest BCUT2D eigenvalue weighted by Gasteiger charge is 2.16. The molecular weight excluding hydrogens is 405 g/mol. The monoisotopic (exact) mass is 427 g/mol. The van der Waals surface area contributed by atoms with Gasteiger partial charge in [0.1, 0.15) is 11.5 Å². The molecule has 0 aliphatic rings. The van der Waals surface area contributed by atoms with Crippen molar-refractivity contribution in [1.29, 1.82) is 0 Å². The number of esters is 1. The van der Waals surface area contributed by atoms with Gasteiger partial charge in [-0.2, -0.15) is 0 Å². The number of hydrogen-bond acceptors (Lipinski definition) is 6. The highest BCUT2D eigenvalue weighted by atomic mass is 35.5. The van der Waals surface area contributed by atoms with E-state index in [0.29, 0.717) is 34.3 Å². The predicted molar refractivity (Wildman–Crippen MR) is 108 cm³/mol. The van der Waals surface area contributed by atoms with Crippen LogP contribution in [0.25, 0.3) is 0 Å². The van der Waals surface area contributed by atoms with E-state index < -0.39 is 12.1 Å². The molecule has 2 unspecified atom stereocenters. The molecule has 0 bridgehead atoms. The summed E-state index contributed by atoms with van der Waals surface area (Å²) >= 11 is 12.5. The Morgan fingerprint density at radius 3 is 2.50 bits per heavy atom. The minimum absolute atomic E-state index is 0.155. The van der Waals surface area contributed by atoms with Crippen LogP contribution in [0.3, 0.4) is 0 Å². The van der Waals surface area contributed by atoms with Crippen molar-refractivity contribution in [2.45, 2.75) is 25.5 Å². The van der Waals surface area contributed by atoms with Gasteiger partial charge in [0.2, 0.25) is 0 Å². The van der Waals surface area contributed by atoms with Crippen LogP contribution in [-0.4, -0.2) is 42.5 Å². The lowest BCUT2D eigenvalue weighted by atomic mass is 10.0. The van der Waals surface area contributed by atoms with Crippen molar-refractivity contribution in [3.63, 3.8) is 0 Å². The molecule has 2 rings (SSSR count). The number of benzene rings is 2. The molecular formula is C20H23Cl2NO5. The van der Waals surface area contributed by atoms with Crippen LogP contribution in [0.5, 0.6) is 11.5 Å².